The molecule has 1 fully saturated rings. The first kappa shape index (κ1) is 21.1. The minimum atomic E-state index is -1.65. The van der Waals surface area contributed by atoms with Crippen LogP contribution in [0, 0.1) is 17.7 Å². The van der Waals surface area contributed by atoms with Crippen molar-refractivity contribution in [3.05, 3.63) is 64.5 Å². The smallest absolute Gasteiger partial charge is 0.266 e. The van der Waals surface area contributed by atoms with Crippen molar-refractivity contribution in [3.63, 3.8) is 0 Å². The Morgan fingerprint density at radius 1 is 1.10 bits per heavy atom. The highest BCUT2D eigenvalue weighted by atomic mass is 19.3. The van der Waals surface area contributed by atoms with E-state index in [0.717, 1.165) is 18.9 Å². The zero-order chi connectivity index (χ0) is 21.4. The number of benzene rings is 1. The summed E-state index contributed by atoms with van der Waals surface area (Å²) < 4.78 is 74.2. The van der Waals surface area contributed by atoms with E-state index in [9.17, 15) is 22.0 Å². The monoisotopic (exact) mass is 424 g/mol. The van der Waals surface area contributed by atoms with Crippen molar-refractivity contribution in [2.45, 2.75) is 57.3 Å². The van der Waals surface area contributed by atoms with E-state index < -0.39 is 29.5 Å². The molecule has 0 radical (unpaired) electrons. The van der Waals surface area contributed by atoms with E-state index in [2.05, 4.69) is 0 Å². The Bertz CT molecular complexity index is 904. The van der Waals surface area contributed by atoms with Crippen molar-refractivity contribution in [2.75, 3.05) is 6.61 Å². The van der Waals surface area contributed by atoms with Crippen LogP contribution in [0.1, 0.15) is 68.4 Å². The highest BCUT2D eigenvalue weighted by Crippen LogP contribution is 2.59. The van der Waals surface area contributed by atoms with Crippen molar-refractivity contribution in [1.29, 1.82) is 0 Å². The fourth-order valence-electron chi connectivity index (χ4n) is 5.24. The average molecular weight is 424 g/mol. The standard InChI is InChI=1S/C24H25F5O/c1-2-30-18-11-10-15-17-12-16(22(27)24(29)21(17)20(15)23(18)28)14-8-6-13(7-9-14)4-3-5-19(25)26/h5,10-14,17,21H,2-4,6-9H2,1H3. The zero-order valence-corrected chi connectivity index (χ0v) is 16.9. The summed E-state index contributed by atoms with van der Waals surface area (Å²) in [5, 5.41) is 0. The lowest BCUT2D eigenvalue weighted by Crippen LogP contribution is -2.30. The molecule has 162 valence electrons. The van der Waals surface area contributed by atoms with Crippen LogP contribution in [0.25, 0.3) is 0 Å². The van der Waals surface area contributed by atoms with Crippen molar-refractivity contribution < 1.29 is 26.7 Å². The predicted octanol–water partition coefficient (Wildman–Crippen LogP) is 7.86. The van der Waals surface area contributed by atoms with Crippen molar-refractivity contribution in [3.8, 4) is 5.75 Å². The van der Waals surface area contributed by atoms with Gasteiger partial charge in [-0.15, -0.1) is 0 Å². The lowest BCUT2D eigenvalue weighted by Gasteiger charge is -2.42. The van der Waals surface area contributed by atoms with E-state index in [1.807, 2.05) is 0 Å². The fourth-order valence-corrected chi connectivity index (χ4v) is 5.24. The number of fused-ring (bicyclic) bond motifs is 4. The third kappa shape index (κ3) is 3.69. The van der Waals surface area contributed by atoms with Crippen LogP contribution in [0.2, 0.25) is 0 Å². The first-order chi connectivity index (χ1) is 14.4. The molecule has 0 aliphatic heterocycles. The van der Waals surface area contributed by atoms with Crippen LogP contribution in [0.5, 0.6) is 5.75 Å². The van der Waals surface area contributed by atoms with Gasteiger partial charge in [-0.1, -0.05) is 12.1 Å². The molecule has 0 amide bonds. The van der Waals surface area contributed by atoms with Gasteiger partial charge in [0.25, 0.3) is 6.08 Å². The number of allylic oxidation sites excluding steroid dienone is 5. The number of halogens is 5. The maximum atomic E-state index is 15.0. The number of hydrogen-bond acceptors (Lipinski definition) is 1. The van der Waals surface area contributed by atoms with Crippen molar-refractivity contribution >= 4 is 0 Å². The van der Waals surface area contributed by atoms with Gasteiger partial charge in [-0.05, 0) is 80.6 Å². The number of rotatable bonds is 6. The van der Waals surface area contributed by atoms with E-state index in [0.29, 0.717) is 49.3 Å². The van der Waals surface area contributed by atoms with Gasteiger partial charge in [-0.2, -0.15) is 8.78 Å². The quantitative estimate of drug-likeness (QED) is 0.422. The van der Waals surface area contributed by atoms with Crippen LogP contribution in [-0.2, 0) is 0 Å². The van der Waals surface area contributed by atoms with Gasteiger partial charge in [0.15, 0.2) is 17.4 Å². The van der Waals surface area contributed by atoms with E-state index in [-0.39, 0.29) is 23.1 Å². The Kier molecular flexibility index (Phi) is 6.03. The van der Waals surface area contributed by atoms with Crippen molar-refractivity contribution in [2.24, 2.45) is 11.8 Å². The lowest BCUT2D eigenvalue weighted by molar-refractivity contribution is 0.279. The predicted molar refractivity (Wildman–Crippen MR) is 105 cm³/mol. The molecule has 30 heavy (non-hydrogen) atoms. The minimum absolute atomic E-state index is 0.0680. The van der Waals surface area contributed by atoms with Crippen LogP contribution >= 0.6 is 0 Å². The molecular weight excluding hydrogens is 399 g/mol. The Balaban J connectivity index is 1.49. The molecule has 0 aromatic heterocycles. The van der Waals surface area contributed by atoms with Crippen LogP contribution in [0.4, 0.5) is 22.0 Å². The molecule has 1 aromatic rings. The second-order valence-corrected chi connectivity index (χ2v) is 8.39. The largest absolute Gasteiger partial charge is 0.491 e. The minimum Gasteiger partial charge on any atom is -0.491 e. The molecule has 3 aliphatic carbocycles. The molecule has 0 saturated heterocycles. The summed E-state index contributed by atoms with van der Waals surface area (Å²) in [6.45, 7) is 2.03. The highest BCUT2D eigenvalue weighted by molar-refractivity contribution is 5.60. The van der Waals surface area contributed by atoms with Crippen LogP contribution in [-0.4, -0.2) is 6.61 Å². The second kappa shape index (κ2) is 8.56. The molecule has 6 heteroatoms. The van der Waals surface area contributed by atoms with Crippen LogP contribution in [0.15, 0.2) is 47.6 Å². The molecule has 0 spiro atoms. The number of hydrogen-bond donors (Lipinski definition) is 0. The van der Waals surface area contributed by atoms with E-state index in [1.54, 1.807) is 25.1 Å². The molecule has 3 aliphatic rings. The van der Waals surface area contributed by atoms with E-state index in [4.69, 9.17) is 4.74 Å². The fraction of sp³-hybridized carbons (Fsp3) is 0.500. The maximum Gasteiger partial charge on any atom is 0.266 e. The summed E-state index contributed by atoms with van der Waals surface area (Å²) in [7, 11) is 0. The topological polar surface area (TPSA) is 9.23 Å². The molecule has 1 nitrogen and oxygen atoms in total. The average Bonchev–Trinajstić information content (AvgIpc) is 2.70. The summed E-state index contributed by atoms with van der Waals surface area (Å²) in [4.78, 5) is 0. The van der Waals surface area contributed by atoms with E-state index >= 15 is 0 Å². The second-order valence-electron chi connectivity index (χ2n) is 8.39. The van der Waals surface area contributed by atoms with Crippen LogP contribution in [0.3, 0.4) is 0 Å². The van der Waals surface area contributed by atoms with Gasteiger partial charge in [-0.25, -0.2) is 13.2 Å². The summed E-state index contributed by atoms with van der Waals surface area (Å²) in [5.74, 6) is -3.29. The van der Waals surface area contributed by atoms with Gasteiger partial charge in [0.05, 0.1) is 12.5 Å². The summed E-state index contributed by atoms with van der Waals surface area (Å²) >= 11 is 0. The molecule has 1 saturated carbocycles. The molecule has 4 rings (SSSR count). The first-order valence-corrected chi connectivity index (χ1v) is 10.7. The molecule has 0 bridgehead atoms. The molecule has 1 aromatic carbocycles. The Morgan fingerprint density at radius 2 is 1.83 bits per heavy atom. The van der Waals surface area contributed by atoms with Gasteiger partial charge < -0.3 is 4.74 Å². The first-order valence-electron chi connectivity index (χ1n) is 10.7. The highest BCUT2D eigenvalue weighted by Gasteiger charge is 2.47. The molecule has 2 atom stereocenters. The van der Waals surface area contributed by atoms with Crippen molar-refractivity contribution in [1.82, 2.24) is 0 Å². The number of ether oxygens (including phenoxy) is 1. The molecular formula is C24H25F5O. The summed E-state index contributed by atoms with van der Waals surface area (Å²) in [6, 6.07) is 3.29. The van der Waals surface area contributed by atoms with E-state index in [1.165, 1.54) is 0 Å². The summed E-state index contributed by atoms with van der Waals surface area (Å²) in [5.41, 5.74) is 1.28. The Morgan fingerprint density at radius 3 is 2.50 bits per heavy atom. The van der Waals surface area contributed by atoms with Gasteiger partial charge >= 0.3 is 0 Å². The molecule has 0 heterocycles. The maximum absolute atomic E-state index is 15.0. The van der Waals surface area contributed by atoms with Gasteiger partial charge in [0.2, 0.25) is 0 Å². The SMILES string of the molecule is CCOc1ccc2c(c1F)C1C(F)=C(F)C(C3CCC(CCC=C(F)F)CC3)=CC21. The normalized spacial score (nSPS) is 27.6. The Labute approximate surface area is 173 Å². The lowest BCUT2D eigenvalue weighted by atomic mass is 9.62. The third-order valence-corrected chi connectivity index (χ3v) is 6.76. The van der Waals surface area contributed by atoms with Gasteiger partial charge in [-0.3, -0.25) is 0 Å². The third-order valence-electron chi connectivity index (χ3n) is 6.76. The van der Waals surface area contributed by atoms with Gasteiger partial charge in [0, 0.05) is 11.5 Å². The zero-order valence-electron chi connectivity index (χ0n) is 16.9. The van der Waals surface area contributed by atoms with Crippen LogP contribution < -0.4 is 4.74 Å². The molecule has 2 unspecified atom stereocenters. The molecule has 0 N–H and O–H groups in total. The summed E-state index contributed by atoms with van der Waals surface area (Å²) in [6.07, 6.45) is 5.15. The van der Waals surface area contributed by atoms with Gasteiger partial charge in [0.1, 0.15) is 5.83 Å². The Hall–Kier alpha value is -2.11.